The average Bonchev–Trinajstić information content (AvgIpc) is 2.86. The summed E-state index contributed by atoms with van der Waals surface area (Å²) in [5.41, 5.74) is 0. The van der Waals surface area contributed by atoms with Gasteiger partial charge < -0.3 is 14.9 Å². The van der Waals surface area contributed by atoms with Gasteiger partial charge in [0.25, 0.3) is 0 Å². The van der Waals surface area contributed by atoms with E-state index in [-0.39, 0.29) is 6.61 Å². The number of thiol groups is 1. The maximum absolute atomic E-state index is 8.34. The van der Waals surface area contributed by atoms with Gasteiger partial charge in [0.15, 0.2) is 0 Å². The van der Waals surface area contributed by atoms with E-state index in [2.05, 4.69) is 12.6 Å². The van der Waals surface area contributed by atoms with Crippen LogP contribution >= 0.6 is 24.2 Å². The van der Waals surface area contributed by atoms with Crippen LogP contribution in [0.15, 0.2) is 0 Å². The molecule has 0 aromatic heterocycles. The Morgan fingerprint density at radius 2 is 2.27 bits per heavy atom. The Bertz CT molecular complexity index is 85.9. The van der Waals surface area contributed by atoms with Crippen molar-refractivity contribution in [3.63, 3.8) is 0 Å². The van der Waals surface area contributed by atoms with Gasteiger partial charge in [0.05, 0.1) is 31.3 Å². The summed E-state index contributed by atoms with van der Waals surface area (Å²) in [5.74, 6) is 0.997. The van der Waals surface area contributed by atoms with E-state index in [9.17, 15) is 0 Å². The number of ether oxygens (including phenoxy) is 1. The van der Waals surface area contributed by atoms with E-state index in [1.54, 1.807) is 0 Å². The highest BCUT2D eigenvalue weighted by Gasteiger charge is 2.19. The van der Waals surface area contributed by atoms with Crippen LogP contribution in [0.5, 0.6) is 0 Å². The van der Waals surface area contributed by atoms with E-state index in [0.29, 0.717) is 17.7 Å². The largest absolute Gasteiger partial charge is 0.394 e. The Morgan fingerprint density at radius 3 is 2.27 bits per heavy atom. The molecule has 11 heavy (non-hydrogen) atoms. The van der Waals surface area contributed by atoms with Gasteiger partial charge in [-0.2, -0.15) is 12.6 Å². The number of aliphatic hydroxyl groups is 2. The summed E-state index contributed by atoms with van der Waals surface area (Å²) in [5, 5.41) is 16.4. The second-order valence-corrected chi connectivity index (χ2v) is 2.80. The number of epoxide rings is 1. The molecule has 1 aliphatic heterocycles. The normalized spacial score (nSPS) is 23.5. The van der Waals surface area contributed by atoms with Gasteiger partial charge in [-0.3, -0.25) is 0 Å². The first-order valence-electron chi connectivity index (χ1n) is 3.32. The number of hydrogen-bond acceptors (Lipinski definition) is 4. The number of hydrogen-bond donors (Lipinski definition) is 3. The minimum atomic E-state index is -0.645. The minimum Gasteiger partial charge on any atom is -0.394 e. The lowest BCUT2D eigenvalue weighted by molar-refractivity contribution is 0.114. The van der Waals surface area contributed by atoms with Gasteiger partial charge in [-0.1, -0.05) is 0 Å². The number of alkyl halides is 1. The maximum atomic E-state index is 8.34. The molecule has 1 rings (SSSR count). The van der Waals surface area contributed by atoms with Crippen LogP contribution < -0.4 is 0 Å². The van der Waals surface area contributed by atoms with Crippen LogP contribution in [-0.4, -0.2) is 47.3 Å². The fourth-order valence-corrected chi connectivity index (χ4v) is 0.509. The molecule has 5 heteroatoms. The Morgan fingerprint density at radius 1 is 1.73 bits per heavy atom. The van der Waals surface area contributed by atoms with Crippen molar-refractivity contribution in [2.75, 3.05) is 24.8 Å². The van der Waals surface area contributed by atoms with E-state index in [1.165, 1.54) is 0 Å². The van der Waals surface area contributed by atoms with Gasteiger partial charge in [-0.15, -0.1) is 11.6 Å². The number of aliphatic hydroxyl groups excluding tert-OH is 2. The van der Waals surface area contributed by atoms with Crippen LogP contribution in [-0.2, 0) is 4.74 Å². The fraction of sp³-hybridized carbons (Fsp3) is 1.00. The molecule has 0 aromatic rings. The predicted octanol–water partition coefficient (Wildman–Crippen LogP) is -0.107. The molecule has 2 N–H and O–H groups in total. The minimum absolute atomic E-state index is 0.191. The van der Waals surface area contributed by atoms with E-state index in [0.717, 1.165) is 6.61 Å². The molecule has 3 nitrogen and oxygen atoms in total. The summed E-state index contributed by atoms with van der Waals surface area (Å²) in [7, 11) is 0. The summed E-state index contributed by atoms with van der Waals surface area (Å²) in [6.45, 7) is 0.688. The molecule has 0 spiro atoms. The van der Waals surface area contributed by atoms with E-state index >= 15 is 0 Å². The Labute approximate surface area is 76.7 Å². The van der Waals surface area contributed by atoms with E-state index in [4.69, 9.17) is 26.6 Å². The summed E-state index contributed by atoms with van der Waals surface area (Å²) in [6, 6.07) is 0. The molecule has 2 unspecified atom stereocenters. The smallest absolute Gasteiger partial charge is 0.0944 e. The molecule has 0 saturated carbocycles. The zero-order valence-corrected chi connectivity index (χ0v) is 7.76. The number of rotatable bonds is 3. The van der Waals surface area contributed by atoms with Gasteiger partial charge >= 0.3 is 0 Å². The highest BCUT2D eigenvalue weighted by Crippen LogP contribution is 2.08. The molecule has 0 aromatic carbocycles. The van der Waals surface area contributed by atoms with Crippen LogP contribution in [0.1, 0.15) is 0 Å². The van der Waals surface area contributed by atoms with Gasteiger partial charge in [-0.05, 0) is 0 Å². The lowest BCUT2D eigenvalue weighted by Gasteiger charge is -1.96. The Kier molecular flexibility index (Phi) is 7.52. The van der Waals surface area contributed by atoms with Gasteiger partial charge in [0, 0.05) is 5.75 Å². The third-order valence-corrected chi connectivity index (χ3v) is 1.76. The standard InChI is InChI=1S/C3H5ClO.C3H8O2S/c4-1-3-2-5-3;4-1-3(5)2-6/h3H,1-2H2;3-6H,1-2H2. The molecular weight excluding hydrogens is 188 g/mol. The van der Waals surface area contributed by atoms with Crippen molar-refractivity contribution in [3.05, 3.63) is 0 Å². The first-order chi connectivity index (χ1) is 5.24. The van der Waals surface area contributed by atoms with Crippen LogP contribution in [0.3, 0.4) is 0 Å². The number of halogens is 1. The third-order valence-electron chi connectivity index (χ3n) is 0.996. The molecule has 0 radical (unpaired) electrons. The molecule has 0 bridgehead atoms. The first kappa shape index (κ1) is 11.5. The topological polar surface area (TPSA) is 53.0 Å². The highest BCUT2D eigenvalue weighted by molar-refractivity contribution is 7.80. The van der Waals surface area contributed by atoms with Gasteiger partial charge in [0.2, 0.25) is 0 Å². The fourth-order valence-electron chi connectivity index (χ4n) is 0.215. The van der Waals surface area contributed by atoms with Crippen molar-refractivity contribution < 1.29 is 14.9 Å². The molecule has 68 valence electrons. The maximum Gasteiger partial charge on any atom is 0.0944 e. The van der Waals surface area contributed by atoms with Crippen LogP contribution in [0.2, 0.25) is 0 Å². The summed E-state index contributed by atoms with van der Waals surface area (Å²) < 4.78 is 4.73. The van der Waals surface area contributed by atoms with Crippen molar-refractivity contribution in [2.24, 2.45) is 0 Å². The zero-order valence-electron chi connectivity index (χ0n) is 6.11. The van der Waals surface area contributed by atoms with Crippen LogP contribution in [0, 0.1) is 0 Å². The van der Waals surface area contributed by atoms with E-state index < -0.39 is 6.10 Å². The van der Waals surface area contributed by atoms with Crippen LogP contribution in [0.25, 0.3) is 0 Å². The summed E-state index contributed by atoms with van der Waals surface area (Å²) in [6.07, 6.45) is -0.245. The van der Waals surface area contributed by atoms with Crippen molar-refractivity contribution in [2.45, 2.75) is 12.2 Å². The predicted molar refractivity (Wildman–Crippen MR) is 47.4 cm³/mol. The second kappa shape index (κ2) is 7.18. The molecule has 1 heterocycles. The van der Waals surface area contributed by atoms with Crippen molar-refractivity contribution in [1.29, 1.82) is 0 Å². The van der Waals surface area contributed by atoms with Crippen molar-refractivity contribution >= 4 is 24.2 Å². The van der Waals surface area contributed by atoms with Crippen molar-refractivity contribution in [1.82, 2.24) is 0 Å². The lowest BCUT2D eigenvalue weighted by Crippen LogP contribution is -2.12. The Hall–Kier alpha value is 0.520. The molecule has 0 aliphatic carbocycles. The van der Waals surface area contributed by atoms with Gasteiger partial charge in [-0.25, -0.2) is 0 Å². The zero-order chi connectivity index (χ0) is 8.69. The Balaban J connectivity index is 0.000000183. The quantitative estimate of drug-likeness (QED) is 0.339. The first-order valence-corrected chi connectivity index (χ1v) is 4.48. The molecule has 1 fully saturated rings. The third kappa shape index (κ3) is 8.43. The molecule has 2 atom stereocenters. The molecule has 0 amide bonds. The highest BCUT2D eigenvalue weighted by atomic mass is 35.5. The summed E-state index contributed by atoms with van der Waals surface area (Å²) >= 11 is 8.96. The second-order valence-electron chi connectivity index (χ2n) is 2.13. The molecular formula is C6H13ClO3S. The van der Waals surface area contributed by atoms with Gasteiger partial charge in [0.1, 0.15) is 0 Å². The average molecular weight is 201 g/mol. The lowest BCUT2D eigenvalue weighted by atomic mass is 10.4. The molecule has 1 aliphatic rings. The van der Waals surface area contributed by atoms with Crippen LogP contribution in [0.4, 0.5) is 0 Å². The molecule has 1 saturated heterocycles. The van der Waals surface area contributed by atoms with E-state index in [1.807, 2.05) is 0 Å². The monoisotopic (exact) mass is 200 g/mol. The van der Waals surface area contributed by atoms with Crippen molar-refractivity contribution in [3.8, 4) is 0 Å². The SMILES string of the molecule is ClCC1CO1.OCC(O)CS. The summed E-state index contributed by atoms with van der Waals surface area (Å²) in [4.78, 5) is 0.